The van der Waals surface area contributed by atoms with E-state index in [1.807, 2.05) is 0 Å². The number of aromatic amines is 1. The Hall–Kier alpha value is -0.770. The summed E-state index contributed by atoms with van der Waals surface area (Å²) in [5.41, 5.74) is 0. The van der Waals surface area contributed by atoms with E-state index in [1.165, 1.54) is 29.0 Å². The maximum atomic E-state index is 12.2. The summed E-state index contributed by atoms with van der Waals surface area (Å²) in [5.74, 6) is 0.503. The average molecular weight is 337 g/mol. The molecule has 2 rings (SSSR count). The minimum Gasteiger partial charge on any atom is -0.262 e. The molecule has 0 radical (unpaired) electrons. The topological polar surface area (TPSA) is 79.0 Å². The van der Waals surface area contributed by atoms with Gasteiger partial charge < -0.3 is 0 Å². The zero-order valence-corrected chi connectivity index (χ0v) is 12.0. The smallest absolute Gasteiger partial charge is 0.253 e. The number of rotatable bonds is 4. The normalized spacial score (nSPS) is 12.2. The SMILES string of the molecule is CN(Cc1ncn[nH]1)S(=O)(=O)c1sccc1Br. The maximum absolute atomic E-state index is 12.2. The van der Waals surface area contributed by atoms with E-state index in [4.69, 9.17) is 0 Å². The molecule has 0 aliphatic heterocycles. The van der Waals surface area contributed by atoms with Crippen LogP contribution in [0.1, 0.15) is 5.82 Å². The molecular formula is C8H9BrN4O2S2. The van der Waals surface area contributed by atoms with Crippen molar-refractivity contribution < 1.29 is 8.42 Å². The molecule has 2 heterocycles. The quantitative estimate of drug-likeness (QED) is 0.916. The van der Waals surface area contributed by atoms with E-state index in [1.54, 1.807) is 11.4 Å². The van der Waals surface area contributed by atoms with E-state index in [-0.39, 0.29) is 6.54 Å². The standard InChI is InChI=1S/C8H9BrN4O2S2/c1-13(4-7-10-5-11-12-7)17(14,15)8-6(9)2-3-16-8/h2-3,5H,4H2,1H3,(H,10,11,12). The van der Waals surface area contributed by atoms with Gasteiger partial charge in [0.25, 0.3) is 10.0 Å². The van der Waals surface area contributed by atoms with Crippen LogP contribution in [0.3, 0.4) is 0 Å². The van der Waals surface area contributed by atoms with Gasteiger partial charge in [0.05, 0.1) is 6.54 Å². The van der Waals surface area contributed by atoms with Crippen molar-refractivity contribution in [3.05, 3.63) is 28.1 Å². The van der Waals surface area contributed by atoms with Crippen LogP contribution in [0.25, 0.3) is 0 Å². The van der Waals surface area contributed by atoms with Gasteiger partial charge in [-0.25, -0.2) is 13.4 Å². The molecule has 0 aromatic carbocycles. The third kappa shape index (κ3) is 2.57. The van der Waals surface area contributed by atoms with E-state index in [0.29, 0.717) is 14.5 Å². The summed E-state index contributed by atoms with van der Waals surface area (Å²) >= 11 is 4.39. The predicted molar refractivity (Wildman–Crippen MR) is 67.1 cm³/mol. The number of hydrogen-bond donors (Lipinski definition) is 1. The fourth-order valence-corrected chi connectivity index (χ4v) is 4.84. The molecule has 1 N–H and O–H groups in total. The summed E-state index contributed by atoms with van der Waals surface area (Å²) < 4.78 is 26.5. The van der Waals surface area contributed by atoms with Crippen molar-refractivity contribution >= 4 is 37.3 Å². The number of hydrogen-bond acceptors (Lipinski definition) is 5. The Bertz CT molecular complexity index is 593. The molecule has 0 aliphatic carbocycles. The molecule has 17 heavy (non-hydrogen) atoms. The van der Waals surface area contributed by atoms with Crippen LogP contribution in [-0.2, 0) is 16.6 Å². The molecule has 92 valence electrons. The second-order valence-corrected chi connectivity index (χ2v) is 7.26. The molecule has 0 atom stereocenters. The molecule has 2 aromatic rings. The van der Waals surface area contributed by atoms with Gasteiger partial charge in [0, 0.05) is 11.5 Å². The van der Waals surface area contributed by atoms with Crippen molar-refractivity contribution in [1.82, 2.24) is 19.5 Å². The van der Waals surface area contributed by atoms with Gasteiger partial charge in [-0.2, -0.15) is 9.40 Å². The molecule has 6 nitrogen and oxygen atoms in total. The molecule has 9 heteroatoms. The van der Waals surface area contributed by atoms with Gasteiger partial charge in [-0.1, -0.05) is 0 Å². The predicted octanol–water partition coefficient (Wildman–Crippen LogP) is 1.45. The van der Waals surface area contributed by atoms with Gasteiger partial charge in [0.1, 0.15) is 16.4 Å². The van der Waals surface area contributed by atoms with Crippen molar-refractivity contribution in [2.45, 2.75) is 10.8 Å². The highest BCUT2D eigenvalue weighted by Crippen LogP contribution is 2.30. The molecule has 0 saturated carbocycles. The first-order valence-electron chi connectivity index (χ1n) is 4.55. The Morgan fingerprint density at radius 1 is 1.59 bits per heavy atom. The third-order valence-electron chi connectivity index (χ3n) is 2.07. The van der Waals surface area contributed by atoms with Gasteiger partial charge in [-0.05, 0) is 27.4 Å². The molecule has 0 amide bonds. The zero-order valence-electron chi connectivity index (χ0n) is 8.79. The number of nitrogens with zero attached hydrogens (tertiary/aromatic N) is 3. The Kier molecular flexibility index (Phi) is 3.61. The van der Waals surface area contributed by atoms with Crippen LogP contribution >= 0.6 is 27.3 Å². The summed E-state index contributed by atoms with van der Waals surface area (Å²) in [4.78, 5) is 3.89. The third-order valence-corrected chi connectivity index (χ3v) is 6.52. The van der Waals surface area contributed by atoms with Crippen LogP contribution in [0, 0.1) is 0 Å². The first-order chi connectivity index (χ1) is 8.01. The van der Waals surface area contributed by atoms with E-state index in [0.717, 1.165) is 0 Å². The fraction of sp³-hybridized carbons (Fsp3) is 0.250. The van der Waals surface area contributed by atoms with Gasteiger partial charge in [0.15, 0.2) is 0 Å². The molecule has 0 bridgehead atoms. The summed E-state index contributed by atoms with van der Waals surface area (Å²) in [6, 6.07) is 1.71. The van der Waals surface area contributed by atoms with E-state index in [2.05, 4.69) is 31.1 Å². The fourth-order valence-electron chi connectivity index (χ4n) is 1.21. The highest BCUT2D eigenvalue weighted by molar-refractivity contribution is 9.10. The monoisotopic (exact) mass is 336 g/mol. The van der Waals surface area contributed by atoms with Gasteiger partial charge in [0.2, 0.25) is 0 Å². The Balaban J connectivity index is 2.25. The molecule has 2 aromatic heterocycles. The maximum Gasteiger partial charge on any atom is 0.253 e. The second kappa shape index (κ2) is 4.84. The molecular weight excluding hydrogens is 328 g/mol. The Morgan fingerprint density at radius 3 is 2.88 bits per heavy atom. The van der Waals surface area contributed by atoms with Gasteiger partial charge in [-0.15, -0.1) is 11.3 Å². The summed E-state index contributed by atoms with van der Waals surface area (Å²) in [6.07, 6.45) is 1.34. The second-order valence-electron chi connectivity index (χ2n) is 3.25. The largest absolute Gasteiger partial charge is 0.262 e. The van der Waals surface area contributed by atoms with Crippen LogP contribution in [0.2, 0.25) is 0 Å². The van der Waals surface area contributed by atoms with Crippen molar-refractivity contribution in [2.24, 2.45) is 0 Å². The van der Waals surface area contributed by atoms with Crippen molar-refractivity contribution in [3.63, 3.8) is 0 Å². The van der Waals surface area contributed by atoms with Crippen LogP contribution in [0.15, 0.2) is 26.5 Å². The lowest BCUT2D eigenvalue weighted by atomic mass is 10.6. The number of H-pyrrole nitrogens is 1. The summed E-state index contributed by atoms with van der Waals surface area (Å²) in [5, 5.41) is 8.02. The molecule has 0 fully saturated rings. The zero-order chi connectivity index (χ0) is 12.5. The highest BCUT2D eigenvalue weighted by atomic mass is 79.9. The first kappa shape index (κ1) is 12.7. The van der Waals surface area contributed by atoms with Crippen molar-refractivity contribution in [2.75, 3.05) is 7.05 Å². The van der Waals surface area contributed by atoms with Gasteiger partial charge >= 0.3 is 0 Å². The van der Waals surface area contributed by atoms with Crippen molar-refractivity contribution in [3.8, 4) is 0 Å². The van der Waals surface area contributed by atoms with E-state index in [9.17, 15) is 8.42 Å². The molecule has 0 unspecified atom stereocenters. The lowest BCUT2D eigenvalue weighted by Crippen LogP contribution is -2.26. The minimum absolute atomic E-state index is 0.159. The first-order valence-corrected chi connectivity index (χ1v) is 7.66. The lowest BCUT2D eigenvalue weighted by molar-refractivity contribution is 0.458. The minimum atomic E-state index is -3.49. The number of sulfonamides is 1. The lowest BCUT2D eigenvalue weighted by Gasteiger charge is -2.14. The molecule has 0 saturated heterocycles. The number of nitrogens with one attached hydrogen (secondary N) is 1. The molecule has 0 aliphatic rings. The van der Waals surface area contributed by atoms with Crippen LogP contribution in [0.5, 0.6) is 0 Å². The van der Waals surface area contributed by atoms with E-state index < -0.39 is 10.0 Å². The van der Waals surface area contributed by atoms with Crippen LogP contribution in [-0.4, -0.2) is 35.0 Å². The van der Waals surface area contributed by atoms with Crippen molar-refractivity contribution in [1.29, 1.82) is 0 Å². The summed E-state index contributed by atoms with van der Waals surface area (Å²) in [7, 11) is -1.98. The van der Waals surface area contributed by atoms with Crippen LogP contribution < -0.4 is 0 Å². The molecule has 0 spiro atoms. The van der Waals surface area contributed by atoms with E-state index >= 15 is 0 Å². The Labute approximate surface area is 111 Å². The average Bonchev–Trinajstić information content (AvgIpc) is 2.89. The highest BCUT2D eigenvalue weighted by Gasteiger charge is 2.25. The number of thiophene rings is 1. The van der Waals surface area contributed by atoms with Crippen LogP contribution in [0.4, 0.5) is 0 Å². The van der Waals surface area contributed by atoms with Gasteiger partial charge in [-0.3, -0.25) is 5.10 Å². The summed E-state index contributed by atoms with van der Waals surface area (Å²) in [6.45, 7) is 0.159. The Morgan fingerprint density at radius 2 is 2.35 bits per heavy atom. The number of halogens is 1. The number of aromatic nitrogens is 3.